The highest BCUT2D eigenvalue weighted by Crippen LogP contribution is 2.30. The van der Waals surface area contributed by atoms with E-state index in [4.69, 9.17) is 4.74 Å². The number of ether oxygens (including phenoxy) is 1. The van der Waals surface area contributed by atoms with Crippen molar-refractivity contribution in [1.82, 2.24) is 5.32 Å². The average molecular weight is 354 g/mol. The second kappa shape index (κ2) is 8.92. The zero-order chi connectivity index (χ0) is 15.1. The molecule has 0 spiro atoms. The van der Waals surface area contributed by atoms with E-state index in [1.54, 1.807) is 0 Å². The van der Waals surface area contributed by atoms with Crippen molar-refractivity contribution < 1.29 is 4.74 Å². The van der Waals surface area contributed by atoms with Gasteiger partial charge in [-0.25, -0.2) is 0 Å². The third kappa shape index (κ3) is 5.08. The minimum atomic E-state index is 0.337. The molecule has 0 aliphatic heterocycles. The molecule has 3 heteroatoms. The van der Waals surface area contributed by atoms with E-state index in [9.17, 15) is 0 Å². The van der Waals surface area contributed by atoms with Crippen LogP contribution in [0.2, 0.25) is 0 Å². The maximum Gasteiger partial charge on any atom is 0.0759 e. The summed E-state index contributed by atoms with van der Waals surface area (Å²) in [5.41, 5.74) is 1.37. The van der Waals surface area contributed by atoms with Crippen LogP contribution in [-0.2, 0) is 11.2 Å². The van der Waals surface area contributed by atoms with Crippen molar-refractivity contribution in [1.29, 1.82) is 0 Å². The van der Waals surface area contributed by atoms with Gasteiger partial charge in [-0.15, -0.1) is 0 Å². The van der Waals surface area contributed by atoms with E-state index in [1.807, 2.05) is 0 Å². The van der Waals surface area contributed by atoms with Crippen LogP contribution in [0.3, 0.4) is 0 Å². The molecule has 2 rings (SSSR count). The first kappa shape index (κ1) is 17.0. The van der Waals surface area contributed by atoms with E-state index in [1.165, 1.54) is 37.7 Å². The molecule has 0 heterocycles. The van der Waals surface area contributed by atoms with Crippen molar-refractivity contribution in [2.75, 3.05) is 13.7 Å². The summed E-state index contributed by atoms with van der Waals surface area (Å²) in [6, 6.07) is 9.06. The van der Waals surface area contributed by atoms with E-state index in [2.05, 4.69) is 59.5 Å². The Morgan fingerprint density at radius 3 is 2.43 bits per heavy atom. The van der Waals surface area contributed by atoms with E-state index < -0.39 is 0 Å². The van der Waals surface area contributed by atoms with E-state index >= 15 is 0 Å². The highest BCUT2D eigenvalue weighted by molar-refractivity contribution is 9.10. The summed E-state index contributed by atoms with van der Waals surface area (Å²) in [4.78, 5) is 0. The van der Waals surface area contributed by atoms with Crippen molar-refractivity contribution >= 4 is 15.9 Å². The van der Waals surface area contributed by atoms with Gasteiger partial charge in [-0.05, 0) is 56.8 Å². The molecule has 1 saturated carbocycles. The molecule has 0 bridgehead atoms. The van der Waals surface area contributed by atoms with Crippen molar-refractivity contribution in [3.05, 3.63) is 34.3 Å². The number of hydrogen-bond acceptors (Lipinski definition) is 2. The van der Waals surface area contributed by atoms with Gasteiger partial charge in [-0.1, -0.05) is 47.3 Å². The van der Waals surface area contributed by atoms with Gasteiger partial charge >= 0.3 is 0 Å². The summed E-state index contributed by atoms with van der Waals surface area (Å²) in [6.07, 6.45) is 8.14. The molecule has 1 aliphatic carbocycles. The minimum absolute atomic E-state index is 0.337. The van der Waals surface area contributed by atoms with Crippen molar-refractivity contribution in [2.24, 2.45) is 5.92 Å². The number of nitrogens with one attached hydrogen (secondary N) is 1. The van der Waals surface area contributed by atoms with Gasteiger partial charge in [0.2, 0.25) is 0 Å². The highest BCUT2D eigenvalue weighted by atomic mass is 79.9. The van der Waals surface area contributed by atoms with Crippen LogP contribution in [0.4, 0.5) is 0 Å². The standard InChI is InChI=1S/C18H28BrNO/c1-3-21-18(15-7-5-4-6-8-15)17(20-2)13-14-9-11-16(19)12-10-14/h9-12,15,17-18,20H,3-8,13H2,1-2H3. The van der Waals surface area contributed by atoms with Crippen molar-refractivity contribution in [3.8, 4) is 0 Å². The predicted octanol–water partition coefficient (Wildman–Crippen LogP) is 4.57. The molecule has 21 heavy (non-hydrogen) atoms. The lowest BCUT2D eigenvalue weighted by molar-refractivity contribution is -0.0159. The van der Waals surface area contributed by atoms with Crippen LogP contribution in [-0.4, -0.2) is 25.8 Å². The Kier molecular flexibility index (Phi) is 7.21. The number of rotatable bonds is 7. The molecule has 0 amide bonds. The first-order chi connectivity index (χ1) is 10.2. The fraction of sp³-hybridized carbons (Fsp3) is 0.667. The molecule has 2 nitrogen and oxygen atoms in total. The van der Waals surface area contributed by atoms with E-state index in [0.717, 1.165) is 17.5 Å². The minimum Gasteiger partial charge on any atom is -0.377 e. The lowest BCUT2D eigenvalue weighted by atomic mass is 9.81. The SMILES string of the molecule is CCOC(C1CCCCC1)C(Cc1ccc(Br)cc1)NC. The van der Waals surface area contributed by atoms with Gasteiger partial charge in [-0.3, -0.25) is 0 Å². The molecule has 2 unspecified atom stereocenters. The second-order valence-corrected chi connectivity index (χ2v) is 6.96. The third-order valence-electron chi connectivity index (χ3n) is 4.61. The molecule has 0 radical (unpaired) electrons. The average Bonchev–Trinajstić information content (AvgIpc) is 2.53. The molecule has 118 valence electrons. The predicted molar refractivity (Wildman–Crippen MR) is 92.7 cm³/mol. The first-order valence-electron chi connectivity index (χ1n) is 8.28. The topological polar surface area (TPSA) is 21.3 Å². The zero-order valence-corrected chi connectivity index (χ0v) is 14.9. The smallest absolute Gasteiger partial charge is 0.0759 e. The quantitative estimate of drug-likeness (QED) is 0.775. The lowest BCUT2D eigenvalue weighted by Crippen LogP contribution is -2.46. The fourth-order valence-electron chi connectivity index (χ4n) is 3.49. The van der Waals surface area contributed by atoms with E-state index in [0.29, 0.717) is 18.1 Å². The van der Waals surface area contributed by atoms with Crippen LogP contribution in [0.25, 0.3) is 0 Å². The first-order valence-corrected chi connectivity index (χ1v) is 9.07. The van der Waals surface area contributed by atoms with Crippen LogP contribution in [0, 0.1) is 5.92 Å². The maximum absolute atomic E-state index is 6.16. The summed E-state index contributed by atoms with van der Waals surface area (Å²) in [6.45, 7) is 2.92. The number of halogens is 1. The molecule has 1 aromatic carbocycles. The normalized spacial score (nSPS) is 19.4. The highest BCUT2D eigenvalue weighted by Gasteiger charge is 2.30. The Morgan fingerprint density at radius 1 is 1.19 bits per heavy atom. The van der Waals surface area contributed by atoms with Gasteiger partial charge in [0.1, 0.15) is 0 Å². The van der Waals surface area contributed by atoms with Gasteiger partial charge in [-0.2, -0.15) is 0 Å². The van der Waals surface area contributed by atoms with E-state index in [-0.39, 0.29) is 0 Å². The van der Waals surface area contributed by atoms with Crippen LogP contribution < -0.4 is 5.32 Å². The summed E-state index contributed by atoms with van der Waals surface area (Å²) < 4.78 is 7.30. The zero-order valence-electron chi connectivity index (χ0n) is 13.3. The molecule has 1 N–H and O–H groups in total. The number of likely N-dealkylation sites (N-methyl/N-ethyl adjacent to an activating group) is 1. The Labute approximate surface area is 137 Å². The van der Waals surface area contributed by atoms with Gasteiger partial charge in [0.25, 0.3) is 0 Å². The molecule has 2 atom stereocenters. The van der Waals surface area contributed by atoms with Crippen LogP contribution >= 0.6 is 15.9 Å². The molecular formula is C18H28BrNO. The molecule has 1 fully saturated rings. The summed E-state index contributed by atoms with van der Waals surface area (Å²) >= 11 is 3.50. The Morgan fingerprint density at radius 2 is 1.86 bits per heavy atom. The van der Waals surface area contributed by atoms with Gasteiger partial charge < -0.3 is 10.1 Å². The molecular weight excluding hydrogens is 326 g/mol. The number of benzene rings is 1. The Hall–Kier alpha value is -0.380. The van der Waals surface area contributed by atoms with Gasteiger partial charge in [0, 0.05) is 17.1 Å². The monoisotopic (exact) mass is 353 g/mol. The van der Waals surface area contributed by atoms with Gasteiger partial charge in [0.05, 0.1) is 6.10 Å². The van der Waals surface area contributed by atoms with Gasteiger partial charge in [0.15, 0.2) is 0 Å². The Balaban J connectivity index is 2.05. The largest absolute Gasteiger partial charge is 0.377 e. The third-order valence-corrected chi connectivity index (χ3v) is 5.14. The fourth-order valence-corrected chi connectivity index (χ4v) is 3.76. The van der Waals surface area contributed by atoms with Crippen molar-refractivity contribution in [2.45, 2.75) is 57.6 Å². The number of hydrogen-bond donors (Lipinski definition) is 1. The molecule has 1 aliphatic rings. The second-order valence-electron chi connectivity index (χ2n) is 6.04. The van der Waals surface area contributed by atoms with Crippen LogP contribution in [0.15, 0.2) is 28.7 Å². The molecule has 0 saturated heterocycles. The Bertz CT molecular complexity index is 400. The summed E-state index contributed by atoms with van der Waals surface area (Å²) in [7, 11) is 2.07. The molecule has 0 aromatic heterocycles. The maximum atomic E-state index is 6.16. The summed E-state index contributed by atoms with van der Waals surface area (Å²) in [5.74, 6) is 0.714. The summed E-state index contributed by atoms with van der Waals surface area (Å²) in [5, 5.41) is 3.51. The molecule has 1 aromatic rings. The van der Waals surface area contributed by atoms with Crippen molar-refractivity contribution in [3.63, 3.8) is 0 Å². The van der Waals surface area contributed by atoms with Crippen LogP contribution in [0.5, 0.6) is 0 Å². The van der Waals surface area contributed by atoms with Crippen LogP contribution in [0.1, 0.15) is 44.6 Å². The lowest BCUT2D eigenvalue weighted by Gasteiger charge is -2.35.